The molecule has 2 aromatic carbocycles. The number of hydrogen-bond acceptors (Lipinski definition) is 2. The summed E-state index contributed by atoms with van der Waals surface area (Å²) in [5, 5.41) is 0. The third kappa shape index (κ3) is 2.25. The van der Waals surface area contributed by atoms with Gasteiger partial charge in [0.05, 0.1) is 10.6 Å². The molecule has 0 aliphatic carbocycles. The van der Waals surface area contributed by atoms with Gasteiger partial charge in [0, 0.05) is 5.56 Å². The lowest BCUT2D eigenvalue weighted by atomic mass is 10.1. The molecule has 0 N–H and O–H groups in total. The molecule has 0 saturated carbocycles. The Bertz CT molecular complexity index is 831. The van der Waals surface area contributed by atoms with E-state index in [-0.39, 0.29) is 16.2 Å². The van der Waals surface area contributed by atoms with Crippen LogP contribution in [-0.2, 0) is 9.73 Å². The number of benzene rings is 2. The van der Waals surface area contributed by atoms with Crippen LogP contribution in [0.3, 0.4) is 0 Å². The van der Waals surface area contributed by atoms with Gasteiger partial charge in [-0.25, -0.2) is 4.21 Å². The van der Waals surface area contributed by atoms with Crippen molar-refractivity contribution < 1.29 is 17.4 Å². The largest absolute Gasteiger partial charge is 0.484 e. The Balaban J connectivity index is 2.32. The molecule has 108 valence electrons. The summed E-state index contributed by atoms with van der Waals surface area (Å²) in [4.78, 5) is -0.280. The highest BCUT2D eigenvalue weighted by Crippen LogP contribution is 2.40. The molecule has 0 radical (unpaired) electrons. The Hall–Kier alpha value is -2.08. The van der Waals surface area contributed by atoms with E-state index in [1.165, 1.54) is 24.3 Å². The predicted molar refractivity (Wildman–Crippen MR) is 75.6 cm³/mol. The molecule has 2 nitrogen and oxygen atoms in total. The Morgan fingerprint density at radius 2 is 1.52 bits per heavy atom. The maximum atomic E-state index is 13.3. The van der Waals surface area contributed by atoms with Crippen molar-refractivity contribution in [3.8, 4) is 0 Å². The average molecular weight is 309 g/mol. The highest BCUT2D eigenvalue weighted by atomic mass is 32.2. The van der Waals surface area contributed by atoms with Crippen LogP contribution in [-0.4, -0.2) is 9.72 Å². The van der Waals surface area contributed by atoms with Crippen molar-refractivity contribution in [3.05, 3.63) is 65.7 Å². The highest BCUT2D eigenvalue weighted by molar-refractivity contribution is 7.94. The van der Waals surface area contributed by atoms with E-state index in [1.54, 1.807) is 36.4 Å². The summed E-state index contributed by atoms with van der Waals surface area (Å²) in [7, 11) is -4.51. The molecule has 0 unspecified atom stereocenters. The van der Waals surface area contributed by atoms with E-state index in [4.69, 9.17) is 0 Å². The van der Waals surface area contributed by atoms with Crippen molar-refractivity contribution in [1.82, 2.24) is 0 Å². The van der Waals surface area contributed by atoms with Crippen LogP contribution in [0.4, 0.5) is 13.2 Å². The van der Waals surface area contributed by atoms with Crippen LogP contribution in [0.5, 0.6) is 0 Å². The van der Waals surface area contributed by atoms with Gasteiger partial charge in [-0.3, -0.25) is 0 Å². The van der Waals surface area contributed by atoms with Crippen molar-refractivity contribution in [1.29, 1.82) is 0 Å². The second-order valence-electron chi connectivity index (χ2n) is 4.50. The second-order valence-corrected chi connectivity index (χ2v) is 6.63. The zero-order valence-electron chi connectivity index (χ0n) is 10.7. The van der Waals surface area contributed by atoms with Crippen LogP contribution in [0, 0.1) is 0 Å². The SMILES string of the molecule is O=[S@]1(C(F)(F)F)=NC(c2ccccc2)=Cc2ccccc21. The van der Waals surface area contributed by atoms with Gasteiger partial charge in [0.1, 0.15) is 0 Å². The summed E-state index contributed by atoms with van der Waals surface area (Å²) in [6.45, 7) is 0. The predicted octanol–water partition coefficient (Wildman–Crippen LogP) is 4.55. The summed E-state index contributed by atoms with van der Waals surface area (Å²) in [6.07, 6.45) is 1.53. The van der Waals surface area contributed by atoms with Gasteiger partial charge in [0.25, 0.3) is 0 Å². The Morgan fingerprint density at radius 3 is 2.19 bits per heavy atom. The molecule has 0 fully saturated rings. The van der Waals surface area contributed by atoms with Gasteiger partial charge in [0.15, 0.2) is 9.73 Å². The monoisotopic (exact) mass is 309 g/mol. The molecule has 0 spiro atoms. The molecule has 6 heteroatoms. The fourth-order valence-corrected chi connectivity index (χ4v) is 3.73. The second kappa shape index (κ2) is 4.73. The van der Waals surface area contributed by atoms with E-state index in [0.717, 1.165) is 0 Å². The first-order valence-electron chi connectivity index (χ1n) is 6.11. The lowest BCUT2D eigenvalue weighted by molar-refractivity contribution is -0.0402. The molecule has 0 aromatic heterocycles. The summed E-state index contributed by atoms with van der Waals surface area (Å²) in [5.74, 6) is 0. The van der Waals surface area contributed by atoms with Crippen LogP contribution in [0.15, 0.2) is 63.9 Å². The van der Waals surface area contributed by atoms with E-state index < -0.39 is 15.2 Å². The summed E-state index contributed by atoms with van der Waals surface area (Å²) >= 11 is 0. The first kappa shape index (κ1) is 13.9. The lowest BCUT2D eigenvalue weighted by Crippen LogP contribution is -2.25. The minimum atomic E-state index is -4.92. The molecule has 1 atom stereocenters. The Morgan fingerprint density at radius 1 is 0.905 bits per heavy atom. The summed E-state index contributed by atoms with van der Waals surface area (Å²) in [6, 6.07) is 14.2. The highest BCUT2D eigenvalue weighted by Gasteiger charge is 2.46. The van der Waals surface area contributed by atoms with Gasteiger partial charge in [-0.15, -0.1) is 0 Å². The van der Waals surface area contributed by atoms with Crippen molar-refractivity contribution in [2.24, 2.45) is 4.36 Å². The molecule has 0 saturated heterocycles. The number of halogens is 3. The minimum absolute atomic E-state index is 0.0802. The number of fused-ring (bicyclic) bond motifs is 1. The van der Waals surface area contributed by atoms with Crippen LogP contribution in [0.25, 0.3) is 11.8 Å². The van der Waals surface area contributed by atoms with Gasteiger partial charge >= 0.3 is 5.51 Å². The van der Waals surface area contributed by atoms with Crippen molar-refractivity contribution in [2.75, 3.05) is 0 Å². The third-order valence-electron chi connectivity index (χ3n) is 3.12. The van der Waals surface area contributed by atoms with Crippen molar-refractivity contribution in [3.63, 3.8) is 0 Å². The molecule has 3 rings (SSSR count). The molecule has 2 aromatic rings. The molecule has 1 aliphatic rings. The fraction of sp³-hybridized carbons (Fsp3) is 0.0667. The van der Waals surface area contributed by atoms with E-state index in [1.807, 2.05) is 0 Å². The van der Waals surface area contributed by atoms with Crippen molar-refractivity contribution >= 4 is 21.5 Å². The molecule has 1 heterocycles. The minimum Gasteiger partial charge on any atom is -0.235 e. The Kier molecular flexibility index (Phi) is 3.13. The number of rotatable bonds is 1. The molecule has 0 bridgehead atoms. The maximum Gasteiger partial charge on any atom is 0.484 e. The van der Waals surface area contributed by atoms with Gasteiger partial charge in [-0.1, -0.05) is 48.5 Å². The van der Waals surface area contributed by atoms with Crippen LogP contribution in [0.1, 0.15) is 11.1 Å². The topological polar surface area (TPSA) is 29.4 Å². The fourth-order valence-electron chi connectivity index (χ4n) is 2.13. The normalized spacial score (nSPS) is 21.2. The number of alkyl halides is 3. The summed E-state index contributed by atoms with van der Waals surface area (Å²) in [5.41, 5.74) is -4.05. The van der Waals surface area contributed by atoms with Gasteiger partial charge in [-0.05, 0) is 17.7 Å². The van der Waals surface area contributed by atoms with Crippen molar-refractivity contribution in [2.45, 2.75) is 10.4 Å². The maximum absolute atomic E-state index is 13.3. The molecule has 0 amide bonds. The number of nitrogens with zero attached hydrogens (tertiary/aromatic N) is 1. The van der Waals surface area contributed by atoms with E-state index in [0.29, 0.717) is 5.56 Å². The standard InChI is InChI=1S/C15H10F3NOS/c16-15(17,18)21(20)14-9-5-4-8-12(14)10-13(19-21)11-6-2-1-3-7-11/h1-10H/t21-/m1/s1. The van der Waals surface area contributed by atoms with Crippen LogP contribution < -0.4 is 0 Å². The summed E-state index contributed by atoms with van der Waals surface area (Å²) < 4.78 is 56.0. The average Bonchev–Trinajstić information content (AvgIpc) is 2.47. The number of hydrogen-bond donors (Lipinski definition) is 0. The van der Waals surface area contributed by atoms with Crippen LogP contribution >= 0.6 is 0 Å². The Labute approximate surface area is 120 Å². The van der Waals surface area contributed by atoms with Gasteiger partial charge in [0.2, 0.25) is 0 Å². The molecule has 1 aliphatic heterocycles. The first-order valence-corrected chi connectivity index (χ1v) is 7.63. The first-order chi connectivity index (χ1) is 9.92. The van der Waals surface area contributed by atoms with E-state index in [9.17, 15) is 17.4 Å². The molecular formula is C15H10F3NOS. The van der Waals surface area contributed by atoms with Gasteiger partial charge < -0.3 is 0 Å². The van der Waals surface area contributed by atoms with E-state index in [2.05, 4.69) is 4.36 Å². The zero-order valence-corrected chi connectivity index (χ0v) is 11.5. The third-order valence-corrected chi connectivity index (χ3v) is 5.17. The quantitative estimate of drug-likeness (QED) is 0.760. The molecule has 21 heavy (non-hydrogen) atoms. The van der Waals surface area contributed by atoms with Crippen LogP contribution in [0.2, 0.25) is 0 Å². The lowest BCUT2D eigenvalue weighted by Gasteiger charge is -2.20. The van der Waals surface area contributed by atoms with E-state index >= 15 is 0 Å². The smallest absolute Gasteiger partial charge is 0.235 e. The molecular weight excluding hydrogens is 299 g/mol. The zero-order chi connectivity index (χ0) is 15.1. The van der Waals surface area contributed by atoms with Gasteiger partial charge in [-0.2, -0.15) is 17.5 Å².